The van der Waals surface area contributed by atoms with Gasteiger partial charge in [-0.05, 0) is 28.6 Å². The molecule has 3 nitrogen and oxygen atoms in total. The second kappa shape index (κ2) is 10.1. The highest BCUT2D eigenvalue weighted by molar-refractivity contribution is 6.80. The highest BCUT2D eigenvalue weighted by atomic mass is 19.2. The van der Waals surface area contributed by atoms with E-state index in [1.807, 2.05) is 0 Å². The van der Waals surface area contributed by atoms with E-state index >= 15 is 0 Å². The number of halogens is 2. The molecule has 0 radical (unpaired) electrons. The summed E-state index contributed by atoms with van der Waals surface area (Å²) in [6.07, 6.45) is 0. The SMILES string of the molecule is C.C.NCCOB(c1ccc(CO)cc1)c1ccc(F)c(F)c1. The van der Waals surface area contributed by atoms with Gasteiger partial charge in [0.1, 0.15) is 0 Å². The quantitative estimate of drug-likeness (QED) is 0.797. The molecule has 0 aliphatic rings. The molecule has 0 aliphatic carbocycles. The molecular formula is C17H24BF2NO2. The summed E-state index contributed by atoms with van der Waals surface area (Å²) >= 11 is 0. The number of aliphatic hydroxyl groups excluding tert-OH is 1. The Morgan fingerprint density at radius 2 is 1.57 bits per heavy atom. The maximum absolute atomic E-state index is 13.4. The molecule has 0 aromatic heterocycles. The van der Waals surface area contributed by atoms with Crippen LogP contribution >= 0.6 is 0 Å². The molecular weight excluding hydrogens is 299 g/mol. The lowest BCUT2D eigenvalue weighted by atomic mass is 9.55. The van der Waals surface area contributed by atoms with Crippen LogP contribution < -0.4 is 16.7 Å². The second-order valence-corrected chi connectivity index (χ2v) is 4.61. The molecule has 2 aromatic carbocycles. The van der Waals surface area contributed by atoms with Crippen molar-refractivity contribution in [2.45, 2.75) is 21.5 Å². The van der Waals surface area contributed by atoms with E-state index in [0.29, 0.717) is 18.6 Å². The monoisotopic (exact) mass is 323 g/mol. The van der Waals surface area contributed by atoms with E-state index in [1.54, 1.807) is 24.3 Å². The van der Waals surface area contributed by atoms with Crippen molar-refractivity contribution in [2.75, 3.05) is 13.2 Å². The van der Waals surface area contributed by atoms with Crippen LogP contribution in [0, 0.1) is 11.6 Å². The fourth-order valence-corrected chi connectivity index (χ4v) is 2.04. The lowest BCUT2D eigenvalue weighted by molar-refractivity contribution is 0.282. The molecule has 0 fully saturated rings. The average molecular weight is 323 g/mol. The van der Waals surface area contributed by atoms with Gasteiger partial charge in [0.2, 0.25) is 0 Å². The van der Waals surface area contributed by atoms with Crippen LogP contribution in [0.5, 0.6) is 0 Å². The molecule has 0 aliphatic heterocycles. The summed E-state index contributed by atoms with van der Waals surface area (Å²) in [5.41, 5.74) is 7.50. The second-order valence-electron chi connectivity index (χ2n) is 4.61. The Balaban J connectivity index is 0.00000242. The van der Waals surface area contributed by atoms with Gasteiger partial charge >= 0.3 is 6.92 Å². The molecule has 0 saturated carbocycles. The third kappa shape index (κ3) is 5.43. The summed E-state index contributed by atoms with van der Waals surface area (Å²) in [7, 11) is 0. The van der Waals surface area contributed by atoms with Crippen molar-refractivity contribution in [2.24, 2.45) is 5.73 Å². The number of rotatable bonds is 6. The van der Waals surface area contributed by atoms with E-state index < -0.39 is 18.6 Å². The van der Waals surface area contributed by atoms with E-state index in [1.165, 1.54) is 6.07 Å². The van der Waals surface area contributed by atoms with Crippen LogP contribution in [0.3, 0.4) is 0 Å². The van der Waals surface area contributed by atoms with Crippen LogP contribution in [-0.2, 0) is 11.3 Å². The van der Waals surface area contributed by atoms with Crippen molar-refractivity contribution in [3.05, 3.63) is 59.7 Å². The van der Waals surface area contributed by atoms with Gasteiger partial charge in [-0.25, -0.2) is 8.78 Å². The Morgan fingerprint density at radius 1 is 0.957 bits per heavy atom. The molecule has 0 unspecified atom stereocenters. The van der Waals surface area contributed by atoms with Crippen LogP contribution in [0.25, 0.3) is 0 Å². The molecule has 23 heavy (non-hydrogen) atoms. The van der Waals surface area contributed by atoms with Crippen molar-refractivity contribution in [3.8, 4) is 0 Å². The molecule has 0 saturated heterocycles. The Bertz CT molecular complexity index is 594. The van der Waals surface area contributed by atoms with Gasteiger partial charge in [0.15, 0.2) is 11.6 Å². The van der Waals surface area contributed by atoms with Crippen LogP contribution in [0.15, 0.2) is 42.5 Å². The minimum atomic E-state index is -0.916. The Kier molecular flexibility index (Phi) is 9.33. The topological polar surface area (TPSA) is 55.5 Å². The molecule has 0 amide bonds. The highest BCUT2D eigenvalue weighted by Crippen LogP contribution is 2.04. The zero-order valence-corrected chi connectivity index (χ0v) is 11.4. The van der Waals surface area contributed by atoms with Gasteiger partial charge in [-0.2, -0.15) is 0 Å². The van der Waals surface area contributed by atoms with Crippen LogP contribution in [0.4, 0.5) is 8.78 Å². The lowest BCUT2D eigenvalue weighted by Crippen LogP contribution is -2.46. The summed E-state index contributed by atoms with van der Waals surface area (Å²) in [4.78, 5) is 0. The largest absolute Gasteiger partial charge is 0.426 e. The van der Waals surface area contributed by atoms with Crippen molar-refractivity contribution in [1.82, 2.24) is 0 Å². The Hall–Kier alpha value is -1.76. The van der Waals surface area contributed by atoms with Crippen molar-refractivity contribution >= 4 is 17.8 Å². The normalized spacial score (nSPS) is 9.74. The fourth-order valence-electron chi connectivity index (χ4n) is 2.04. The summed E-state index contributed by atoms with van der Waals surface area (Å²) in [6.45, 7) is 0.0384. The van der Waals surface area contributed by atoms with Gasteiger partial charge in [-0.1, -0.05) is 45.2 Å². The minimum absolute atomic E-state index is 0. The van der Waals surface area contributed by atoms with Gasteiger partial charge in [0, 0.05) is 13.2 Å². The zero-order chi connectivity index (χ0) is 15.2. The van der Waals surface area contributed by atoms with Gasteiger partial charge in [0.05, 0.1) is 6.61 Å². The first kappa shape index (κ1) is 21.2. The molecule has 3 N–H and O–H groups in total. The third-order valence-corrected chi connectivity index (χ3v) is 3.11. The first-order valence-corrected chi connectivity index (χ1v) is 6.62. The van der Waals surface area contributed by atoms with Gasteiger partial charge in [-0.3, -0.25) is 0 Å². The number of hydrogen-bond donors (Lipinski definition) is 2. The predicted molar refractivity (Wildman–Crippen MR) is 92.2 cm³/mol. The average Bonchev–Trinajstić information content (AvgIpc) is 2.51. The van der Waals surface area contributed by atoms with E-state index in [0.717, 1.165) is 23.2 Å². The van der Waals surface area contributed by atoms with E-state index in [9.17, 15) is 8.78 Å². The predicted octanol–water partition coefficient (Wildman–Crippen LogP) is 1.81. The molecule has 0 spiro atoms. The maximum atomic E-state index is 13.4. The summed E-state index contributed by atoms with van der Waals surface area (Å²) < 4.78 is 32.1. The maximum Gasteiger partial charge on any atom is 0.361 e. The first-order chi connectivity index (χ1) is 10.2. The van der Waals surface area contributed by atoms with Crippen LogP contribution in [-0.4, -0.2) is 25.2 Å². The van der Waals surface area contributed by atoms with Gasteiger partial charge in [0.25, 0.3) is 0 Å². The molecule has 0 bridgehead atoms. The zero-order valence-electron chi connectivity index (χ0n) is 11.4. The molecule has 2 aromatic rings. The number of aliphatic hydroxyl groups is 1. The van der Waals surface area contributed by atoms with E-state index in [2.05, 4.69) is 0 Å². The summed E-state index contributed by atoms with van der Waals surface area (Å²) in [5.74, 6) is -1.81. The molecule has 126 valence electrons. The fraction of sp³-hybridized carbons (Fsp3) is 0.294. The van der Waals surface area contributed by atoms with E-state index in [4.69, 9.17) is 15.5 Å². The Labute approximate surface area is 137 Å². The van der Waals surface area contributed by atoms with Crippen molar-refractivity contribution < 1.29 is 18.5 Å². The summed E-state index contributed by atoms with van der Waals surface area (Å²) in [6, 6.07) is 10.8. The van der Waals surface area contributed by atoms with Crippen molar-refractivity contribution in [1.29, 1.82) is 0 Å². The molecule has 0 atom stereocenters. The molecule has 6 heteroatoms. The highest BCUT2D eigenvalue weighted by Gasteiger charge is 2.22. The number of benzene rings is 2. The van der Waals surface area contributed by atoms with E-state index in [-0.39, 0.29) is 21.5 Å². The lowest BCUT2D eigenvalue weighted by Gasteiger charge is -2.15. The summed E-state index contributed by atoms with van der Waals surface area (Å²) in [5, 5.41) is 9.05. The Morgan fingerprint density at radius 3 is 2.09 bits per heavy atom. The third-order valence-electron chi connectivity index (χ3n) is 3.11. The number of hydrogen-bond acceptors (Lipinski definition) is 3. The first-order valence-electron chi connectivity index (χ1n) is 6.62. The molecule has 0 heterocycles. The van der Waals surface area contributed by atoms with Gasteiger partial charge < -0.3 is 15.5 Å². The smallest absolute Gasteiger partial charge is 0.361 e. The molecule has 2 rings (SSSR count). The van der Waals surface area contributed by atoms with Crippen LogP contribution in [0.2, 0.25) is 0 Å². The minimum Gasteiger partial charge on any atom is -0.426 e. The van der Waals surface area contributed by atoms with Gasteiger partial charge in [-0.15, -0.1) is 0 Å². The number of nitrogens with two attached hydrogens (primary N) is 1. The standard InChI is InChI=1S/C15H16BF2NO2.2CH4/c17-14-6-5-13(9-15(14)18)16(21-8-7-19)12-3-1-11(10-20)2-4-12;;/h1-6,9,20H,7-8,10,19H2;2*1H4. The van der Waals surface area contributed by atoms with Crippen molar-refractivity contribution in [3.63, 3.8) is 0 Å². The van der Waals surface area contributed by atoms with Crippen LogP contribution in [0.1, 0.15) is 20.4 Å².